The number of thiophene rings is 1. The van der Waals surface area contributed by atoms with Crippen LogP contribution >= 0.6 is 11.3 Å². The zero-order valence-corrected chi connectivity index (χ0v) is 46.2. The summed E-state index contributed by atoms with van der Waals surface area (Å²) in [6.07, 6.45) is 4.74. The maximum atomic E-state index is 2.74. The Labute approximate surface area is 410 Å². The average Bonchev–Trinajstić information content (AvgIpc) is 3.66. The summed E-state index contributed by atoms with van der Waals surface area (Å²) in [5.41, 5.74) is 22.5. The lowest BCUT2D eigenvalue weighted by Crippen LogP contribution is -2.63. The number of hydrogen-bond donors (Lipinski definition) is 0. The summed E-state index contributed by atoms with van der Waals surface area (Å²) in [5.74, 6) is 0. The van der Waals surface area contributed by atoms with E-state index in [-0.39, 0.29) is 39.2 Å². The third-order valence-corrected chi connectivity index (χ3v) is 20.5. The summed E-state index contributed by atoms with van der Waals surface area (Å²) in [6, 6.07) is 37.2. The normalized spacial score (nSPS) is 18.7. The van der Waals surface area contributed by atoms with E-state index in [1.807, 2.05) is 0 Å². The Balaban J connectivity index is 1.36. The highest BCUT2D eigenvalue weighted by atomic mass is 32.1. The second-order valence-electron chi connectivity index (χ2n) is 26.9. The first-order chi connectivity index (χ1) is 31.0. The lowest BCUT2D eigenvalue weighted by atomic mass is 9.32. The quantitative estimate of drug-likeness (QED) is 0.162. The minimum atomic E-state index is -1.51. The molecule has 348 valence electrons. The molecule has 0 saturated carbocycles. The lowest BCUT2D eigenvalue weighted by Gasteiger charge is -2.48. The molecule has 0 spiro atoms. The minimum absolute atomic E-state index is 0.00825. The van der Waals surface area contributed by atoms with Crippen molar-refractivity contribution in [3.63, 3.8) is 0 Å². The van der Waals surface area contributed by atoms with E-state index < -0.39 is 8.07 Å². The highest BCUT2D eigenvalue weighted by Crippen LogP contribution is 2.57. The maximum Gasteiger partial charge on any atom is 0.253 e. The molecule has 6 aromatic rings. The van der Waals surface area contributed by atoms with E-state index in [1.165, 1.54) is 114 Å². The van der Waals surface area contributed by atoms with Crippen molar-refractivity contribution in [3.8, 4) is 11.1 Å². The molecule has 3 heterocycles. The van der Waals surface area contributed by atoms with Crippen molar-refractivity contribution in [3.05, 3.63) is 129 Å². The fourth-order valence-electron chi connectivity index (χ4n) is 12.2. The summed E-state index contributed by atoms with van der Waals surface area (Å²) in [4.78, 5) is 7.03. The molecular formula is C62H77BN2SSi. The van der Waals surface area contributed by atoms with Gasteiger partial charge < -0.3 is 9.80 Å². The van der Waals surface area contributed by atoms with Crippen molar-refractivity contribution in [1.29, 1.82) is 0 Å². The first-order valence-electron chi connectivity index (χ1n) is 25.5. The van der Waals surface area contributed by atoms with Gasteiger partial charge in [0, 0.05) is 33.2 Å². The second-order valence-corrected chi connectivity index (χ2v) is 33.0. The predicted octanol–water partition coefficient (Wildman–Crippen LogP) is 15.6. The van der Waals surface area contributed by atoms with Gasteiger partial charge in [-0.05, 0) is 163 Å². The Morgan fingerprint density at radius 1 is 0.537 bits per heavy atom. The third kappa shape index (κ3) is 7.37. The van der Waals surface area contributed by atoms with Crippen LogP contribution in [0.15, 0.2) is 91.0 Å². The first-order valence-corrected chi connectivity index (χ1v) is 29.8. The summed E-state index contributed by atoms with van der Waals surface area (Å²) in [7, 11) is -1.51. The Morgan fingerprint density at radius 2 is 1.07 bits per heavy atom. The summed E-state index contributed by atoms with van der Waals surface area (Å²) in [6.45, 7) is 44.0. The Morgan fingerprint density at radius 3 is 1.66 bits per heavy atom. The molecule has 5 aromatic carbocycles. The van der Waals surface area contributed by atoms with Crippen LogP contribution in [0, 0.1) is 6.92 Å². The van der Waals surface area contributed by atoms with Crippen molar-refractivity contribution in [2.24, 2.45) is 0 Å². The molecule has 2 aliphatic carbocycles. The van der Waals surface area contributed by atoms with Crippen LogP contribution in [0.3, 0.4) is 0 Å². The predicted molar refractivity (Wildman–Crippen MR) is 299 cm³/mol. The lowest BCUT2D eigenvalue weighted by molar-refractivity contribution is 0.332. The Bertz CT molecular complexity index is 2980. The van der Waals surface area contributed by atoms with Crippen LogP contribution in [0.2, 0.25) is 19.6 Å². The molecule has 0 fully saturated rings. The van der Waals surface area contributed by atoms with E-state index in [0.717, 1.165) is 0 Å². The number of benzene rings is 5. The van der Waals surface area contributed by atoms with E-state index >= 15 is 0 Å². The van der Waals surface area contributed by atoms with Crippen molar-refractivity contribution in [2.75, 3.05) is 9.80 Å². The second kappa shape index (κ2) is 14.8. The molecule has 0 amide bonds. The van der Waals surface area contributed by atoms with E-state index in [1.54, 1.807) is 15.9 Å². The molecule has 10 rings (SSSR count). The first kappa shape index (κ1) is 46.4. The zero-order valence-electron chi connectivity index (χ0n) is 44.4. The fourth-order valence-corrected chi connectivity index (χ4v) is 15.1. The van der Waals surface area contributed by atoms with Crippen LogP contribution in [-0.4, -0.2) is 14.8 Å². The Hall–Kier alpha value is -4.32. The van der Waals surface area contributed by atoms with Crippen LogP contribution in [-0.2, 0) is 32.5 Å². The smallest absolute Gasteiger partial charge is 0.253 e. The molecule has 1 aromatic heterocycles. The third-order valence-electron chi connectivity index (χ3n) is 16.8. The molecule has 5 heteroatoms. The SMILES string of the molecule is Cc1cc2c3c(c1)N(c1ccc(C(C)(C)C)cc1)c1sc4c(c1B3c1cc3c(cc1N2c1ccc(C(C)(C)C)cc1-c1ccc([Si](C)(C)C)cc1)C(C)(C)CCC3(C)C)C(C)(C)CCC4(C)C. The van der Waals surface area contributed by atoms with Gasteiger partial charge in [0.25, 0.3) is 6.71 Å². The van der Waals surface area contributed by atoms with Crippen molar-refractivity contribution < 1.29 is 0 Å². The summed E-state index contributed by atoms with van der Waals surface area (Å²) >= 11 is 2.10. The molecule has 0 saturated heterocycles. The van der Waals surface area contributed by atoms with Gasteiger partial charge in [-0.3, -0.25) is 0 Å². The van der Waals surface area contributed by atoms with Crippen LogP contribution in [0.1, 0.15) is 161 Å². The van der Waals surface area contributed by atoms with E-state index in [0.29, 0.717) is 0 Å². The molecule has 0 radical (unpaired) electrons. The molecule has 0 unspecified atom stereocenters. The highest BCUT2D eigenvalue weighted by molar-refractivity contribution is 7.20. The van der Waals surface area contributed by atoms with Gasteiger partial charge in [0.2, 0.25) is 0 Å². The topological polar surface area (TPSA) is 6.48 Å². The summed E-state index contributed by atoms with van der Waals surface area (Å²) < 4.78 is 0. The van der Waals surface area contributed by atoms with Gasteiger partial charge in [0.05, 0.1) is 18.8 Å². The molecule has 0 bridgehead atoms. The van der Waals surface area contributed by atoms with E-state index in [9.17, 15) is 0 Å². The zero-order chi connectivity index (χ0) is 48.3. The van der Waals surface area contributed by atoms with Gasteiger partial charge in [-0.15, -0.1) is 11.3 Å². The largest absolute Gasteiger partial charge is 0.311 e. The Kier molecular flexibility index (Phi) is 10.3. The van der Waals surface area contributed by atoms with Crippen molar-refractivity contribution in [1.82, 2.24) is 0 Å². The number of aryl methyl sites for hydroxylation is 1. The molecule has 0 N–H and O–H groups in total. The molecule has 4 aliphatic rings. The van der Waals surface area contributed by atoms with Crippen molar-refractivity contribution in [2.45, 2.75) is 182 Å². The molecule has 2 nitrogen and oxygen atoms in total. The highest BCUT2D eigenvalue weighted by Gasteiger charge is 2.52. The molecular weight excluding hydrogens is 844 g/mol. The molecule has 2 aliphatic heterocycles. The van der Waals surface area contributed by atoms with E-state index in [4.69, 9.17) is 0 Å². The standard InChI is InChI=1S/C62H77BN2SSi/c1-38-33-50-53-51(34-38)65(48-28-23-41(58(5,6)7)35-44(48)39-19-26-43(27-20-39)67(16,17)18)49-37-46-45(59(8,9)29-30-60(46,10)11)36-47(49)63(53)54-52-55(62(14,15)32-31-61(52,12)13)66-56(54)64(50)42-24-21-40(22-25-42)57(2,3)4/h19-28,33-37H,29-32H2,1-18H3. The summed E-state index contributed by atoms with van der Waals surface area (Å²) in [5, 5.41) is 2.91. The minimum Gasteiger partial charge on any atom is -0.311 e. The number of anilines is 6. The van der Waals surface area contributed by atoms with Crippen LogP contribution in [0.25, 0.3) is 11.1 Å². The van der Waals surface area contributed by atoms with E-state index in [2.05, 4.69) is 236 Å². The monoisotopic (exact) mass is 921 g/mol. The van der Waals surface area contributed by atoms with Gasteiger partial charge in [-0.25, -0.2) is 0 Å². The number of fused-ring (bicyclic) bond motifs is 7. The number of nitrogens with zero attached hydrogens (tertiary/aromatic N) is 2. The van der Waals surface area contributed by atoms with Gasteiger partial charge in [-0.1, -0.05) is 170 Å². The average molecular weight is 921 g/mol. The van der Waals surface area contributed by atoms with Crippen LogP contribution < -0.4 is 31.4 Å². The van der Waals surface area contributed by atoms with Gasteiger partial charge in [0.15, 0.2) is 0 Å². The maximum absolute atomic E-state index is 2.74. The van der Waals surface area contributed by atoms with Gasteiger partial charge in [0.1, 0.15) is 0 Å². The molecule has 0 atom stereocenters. The van der Waals surface area contributed by atoms with Crippen molar-refractivity contribution >= 4 is 81.1 Å². The van der Waals surface area contributed by atoms with Crippen LogP contribution in [0.4, 0.5) is 33.4 Å². The van der Waals surface area contributed by atoms with Crippen LogP contribution in [0.5, 0.6) is 0 Å². The van der Waals surface area contributed by atoms with Gasteiger partial charge >= 0.3 is 0 Å². The number of rotatable bonds is 4. The molecule has 67 heavy (non-hydrogen) atoms. The fraction of sp³-hybridized carbons (Fsp3) is 0.452. The number of hydrogen-bond acceptors (Lipinski definition) is 3. The van der Waals surface area contributed by atoms with Gasteiger partial charge in [-0.2, -0.15) is 0 Å².